The average molecular weight is 415 g/mol. The normalized spacial score (nSPS) is 29.9. The number of nitrogens with one attached hydrogen (secondary N) is 2. The summed E-state index contributed by atoms with van der Waals surface area (Å²) in [5.41, 5.74) is 0.311. The molecule has 5 rings (SSSR count). The summed E-state index contributed by atoms with van der Waals surface area (Å²) in [6.45, 7) is 1.68. The second-order valence-electron chi connectivity index (χ2n) is 9.38. The number of carbonyl (C=O) groups excluding carboxylic acids is 2. The van der Waals surface area contributed by atoms with Crippen LogP contribution in [0.3, 0.4) is 0 Å². The Morgan fingerprint density at radius 3 is 2.33 bits per heavy atom. The molecule has 1 amide bonds. The summed E-state index contributed by atoms with van der Waals surface area (Å²) in [4.78, 5) is 35.3. The fourth-order valence-electron chi connectivity index (χ4n) is 6.38. The van der Waals surface area contributed by atoms with Crippen molar-refractivity contribution in [3.05, 3.63) is 33.9 Å². The summed E-state index contributed by atoms with van der Waals surface area (Å²) in [5.74, 6) is 1.31. The van der Waals surface area contributed by atoms with Gasteiger partial charge in [-0.2, -0.15) is 0 Å². The quantitative estimate of drug-likeness (QED) is 0.400. The van der Waals surface area contributed by atoms with E-state index in [1.807, 2.05) is 0 Å². The van der Waals surface area contributed by atoms with Crippen molar-refractivity contribution in [1.82, 2.24) is 5.32 Å². The van der Waals surface area contributed by atoms with Crippen LogP contribution < -0.4 is 10.6 Å². The number of ether oxygens (including phenoxy) is 1. The van der Waals surface area contributed by atoms with Gasteiger partial charge in [0.15, 0.2) is 6.61 Å². The summed E-state index contributed by atoms with van der Waals surface area (Å²) < 4.78 is 5.12. The molecule has 1 aromatic carbocycles. The minimum Gasteiger partial charge on any atom is -0.452 e. The van der Waals surface area contributed by atoms with Crippen molar-refractivity contribution in [2.45, 2.75) is 51.5 Å². The molecule has 4 bridgehead atoms. The van der Waals surface area contributed by atoms with Crippen molar-refractivity contribution in [1.29, 1.82) is 0 Å². The van der Waals surface area contributed by atoms with Gasteiger partial charge in [0.25, 0.3) is 11.6 Å². The maximum Gasteiger partial charge on any atom is 0.338 e. The zero-order chi connectivity index (χ0) is 21.5. The number of rotatable bonds is 7. The summed E-state index contributed by atoms with van der Waals surface area (Å²) in [7, 11) is 1.57. The van der Waals surface area contributed by atoms with Crippen molar-refractivity contribution >= 4 is 23.3 Å². The van der Waals surface area contributed by atoms with Gasteiger partial charge in [0, 0.05) is 19.2 Å². The largest absolute Gasteiger partial charge is 0.452 e. The molecule has 4 aliphatic carbocycles. The van der Waals surface area contributed by atoms with Crippen molar-refractivity contribution in [2.75, 3.05) is 19.0 Å². The molecule has 0 heterocycles. The second kappa shape index (κ2) is 7.89. The van der Waals surface area contributed by atoms with E-state index >= 15 is 0 Å². The zero-order valence-corrected chi connectivity index (χ0v) is 17.5. The van der Waals surface area contributed by atoms with E-state index in [1.165, 1.54) is 50.7 Å². The number of nitro groups is 1. The first-order valence-electron chi connectivity index (χ1n) is 10.7. The van der Waals surface area contributed by atoms with Crippen LogP contribution in [0.2, 0.25) is 0 Å². The van der Waals surface area contributed by atoms with E-state index in [0.717, 1.165) is 23.8 Å². The monoisotopic (exact) mass is 415 g/mol. The Bertz CT molecular complexity index is 833. The van der Waals surface area contributed by atoms with Gasteiger partial charge in [-0.25, -0.2) is 4.79 Å². The Morgan fingerprint density at radius 1 is 1.20 bits per heavy atom. The highest BCUT2D eigenvalue weighted by atomic mass is 16.6. The first kappa shape index (κ1) is 20.6. The van der Waals surface area contributed by atoms with Crippen molar-refractivity contribution < 1.29 is 19.2 Å². The van der Waals surface area contributed by atoms with Crippen molar-refractivity contribution in [3.8, 4) is 0 Å². The van der Waals surface area contributed by atoms with Crippen LogP contribution in [-0.2, 0) is 9.53 Å². The lowest BCUT2D eigenvalue weighted by atomic mass is 9.48. The van der Waals surface area contributed by atoms with Crippen LogP contribution >= 0.6 is 0 Å². The van der Waals surface area contributed by atoms with E-state index in [2.05, 4.69) is 17.6 Å². The number of esters is 1. The van der Waals surface area contributed by atoms with Crippen molar-refractivity contribution in [3.63, 3.8) is 0 Å². The van der Waals surface area contributed by atoms with Crippen LogP contribution in [-0.4, -0.2) is 36.5 Å². The minimum atomic E-state index is -0.752. The Hall–Kier alpha value is -2.64. The number of anilines is 1. The highest BCUT2D eigenvalue weighted by Gasteiger charge is 2.53. The summed E-state index contributed by atoms with van der Waals surface area (Å²) in [6, 6.07) is 4.10. The Morgan fingerprint density at radius 2 is 1.80 bits per heavy atom. The van der Waals surface area contributed by atoms with Crippen molar-refractivity contribution in [2.24, 2.45) is 23.2 Å². The van der Waals surface area contributed by atoms with E-state index in [0.29, 0.717) is 5.69 Å². The molecule has 1 aromatic rings. The van der Waals surface area contributed by atoms with Gasteiger partial charge in [-0.05, 0) is 80.8 Å². The maximum absolute atomic E-state index is 12.5. The summed E-state index contributed by atoms with van der Waals surface area (Å²) >= 11 is 0. The van der Waals surface area contributed by atoms with E-state index in [-0.39, 0.29) is 28.6 Å². The highest BCUT2D eigenvalue weighted by Crippen LogP contribution is 2.61. The maximum atomic E-state index is 12.5. The molecule has 8 nitrogen and oxygen atoms in total. The Balaban J connectivity index is 1.33. The fraction of sp³-hybridized carbons (Fsp3) is 0.636. The third kappa shape index (κ3) is 3.87. The third-order valence-electron chi connectivity index (χ3n) is 7.42. The van der Waals surface area contributed by atoms with E-state index in [9.17, 15) is 19.7 Å². The van der Waals surface area contributed by atoms with Crippen LogP contribution in [0.25, 0.3) is 0 Å². The number of nitro benzene ring substituents is 1. The minimum absolute atomic E-state index is 0.0441. The number of hydrogen-bond acceptors (Lipinski definition) is 6. The number of amides is 1. The smallest absolute Gasteiger partial charge is 0.338 e. The van der Waals surface area contributed by atoms with Gasteiger partial charge < -0.3 is 15.4 Å². The van der Waals surface area contributed by atoms with E-state index < -0.39 is 17.5 Å². The first-order chi connectivity index (χ1) is 14.3. The van der Waals surface area contributed by atoms with Gasteiger partial charge in [-0.1, -0.05) is 0 Å². The summed E-state index contributed by atoms with van der Waals surface area (Å²) in [6.07, 6.45) is 7.58. The predicted molar refractivity (Wildman–Crippen MR) is 111 cm³/mol. The molecular weight excluding hydrogens is 386 g/mol. The van der Waals surface area contributed by atoms with Gasteiger partial charge in [-0.3, -0.25) is 14.9 Å². The van der Waals surface area contributed by atoms with E-state index in [1.54, 1.807) is 7.05 Å². The molecule has 4 saturated carbocycles. The molecule has 4 aliphatic rings. The molecule has 0 aromatic heterocycles. The molecule has 4 fully saturated rings. The Kier molecular flexibility index (Phi) is 5.42. The van der Waals surface area contributed by atoms with Gasteiger partial charge >= 0.3 is 5.97 Å². The average Bonchev–Trinajstić information content (AvgIpc) is 2.70. The number of hydrogen-bond donors (Lipinski definition) is 2. The molecule has 30 heavy (non-hydrogen) atoms. The number of carbonyl (C=O) groups is 2. The molecule has 0 aliphatic heterocycles. The molecule has 0 spiro atoms. The standard InChI is InChI=1S/C22H29N3O5/c1-13(22-9-14-5-15(10-22)7-16(6-14)11-22)24-20(26)12-30-21(27)17-3-4-18(23-2)19(8-17)25(28)29/h3-4,8,13-16,23H,5-7,9-12H2,1-2H3,(H,24,26)/t13-,14?,15?,16?,22?/m0/s1. The third-order valence-corrected chi connectivity index (χ3v) is 7.42. The van der Waals surface area contributed by atoms with Crippen LogP contribution in [0.5, 0.6) is 0 Å². The molecule has 1 atom stereocenters. The van der Waals surface area contributed by atoms with Gasteiger partial charge in [0.05, 0.1) is 10.5 Å². The zero-order valence-electron chi connectivity index (χ0n) is 17.5. The summed E-state index contributed by atoms with van der Waals surface area (Å²) in [5, 5.41) is 16.9. The highest BCUT2D eigenvalue weighted by molar-refractivity contribution is 5.93. The van der Waals surface area contributed by atoms with Gasteiger partial charge in [0.2, 0.25) is 0 Å². The SMILES string of the molecule is CNc1ccc(C(=O)OCC(=O)N[C@@H](C)C23CC4CC(CC(C4)C2)C3)cc1[N+](=O)[O-]. The lowest BCUT2D eigenvalue weighted by Crippen LogP contribution is -2.56. The topological polar surface area (TPSA) is 111 Å². The van der Waals surface area contributed by atoms with Crippen LogP contribution in [0.15, 0.2) is 18.2 Å². The fourth-order valence-corrected chi connectivity index (χ4v) is 6.38. The molecule has 8 heteroatoms. The first-order valence-corrected chi connectivity index (χ1v) is 10.7. The molecule has 0 radical (unpaired) electrons. The predicted octanol–water partition coefficient (Wildman–Crippen LogP) is 3.51. The van der Waals surface area contributed by atoms with Gasteiger partial charge in [-0.15, -0.1) is 0 Å². The number of nitrogens with zero attached hydrogens (tertiary/aromatic N) is 1. The molecule has 2 N–H and O–H groups in total. The number of benzene rings is 1. The molecule has 162 valence electrons. The Labute approximate surface area is 175 Å². The molecular formula is C22H29N3O5. The van der Waals surface area contributed by atoms with E-state index in [4.69, 9.17) is 4.74 Å². The van der Waals surface area contributed by atoms with Crippen LogP contribution in [0, 0.1) is 33.3 Å². The lowest BCUT2D eigenvalue weighted by molar-refractivity contribution is -0.384. The van der Waals surface area contributed by atoms with Crippen LogP contribution in [0.1, 0.15) is 55.8 Å². The second-order valence-corrected chi connectivity index (χ2v) is 9.38. The molecule has 0 saturated heterocycles. The van der Waals surface area contributed by atoms with Crippen LogP contribution in [0.4, 0.5) is 11.4 Å². The lowest BCUT2D eigenvalue weighted by Gasteiger charge is -2.59. The van der Waals surface area contributed by atoms with Gasteiger partial charge in [0.1, 0.15) is 5.69 Å². The molecule has 0 unspecified atom stereocenters.